The van der Waals surface area contributed by atoms with Gasteiger partial charge < -0.3 is 23.5 Å². The fourth-order valence-electron chi connectivity index (χ4n) is 6.78. The smallest absolute Gasteiger partial charge is 0.409 e. The highest BCUT2D eigenvalue weighted by molar-refractivity contribution is 5.80. The van der Waals surface area contributed by atoms with Gasteiger partial charge in [0, 0.05) is 37.5 Å². The zero-order chi connectivity index (χ0) is 33.7. The van der Waals surface area contributed by atoms with Crippen LogP contribution in [0.3, 0.4) is 0 Å². The van der Waals surface area contributed by atoms with Crippen molar-refractivity contribution in [3.63, 3.8) is 0 Å². The zero-order valence-electron chi connectivity index (χ0n) is 27.7. The van der Waals surface area contributed by atoms with Crippen LogP contribution in [-0.2, 0) is 27.2 Å². The summed E-state index contributed by atoms with van der Waals surface area (Å²) in [5, 5.41) is 0. The van der Waals surface area contributed by atoms with Crippen LogP contribution in [0.25, 0.3) is 22.6 Å². The van der Waals surface area contributed by atoms with Gasteiger partial charge in [-0.2, -0.15) is 0 Å². The second kappa shape index (κ2) is 14.4. The van der Waals surface area contributed by atoms with Crippen molar-refractivity contribution in [3.05, 3.63) is 131 Å². The van der Waals surface area contributed by atoms with Crippen molar-refractivity contribution in [1.82, 2.24) is 14.8 Å². The van der Waals surface area contributed by atoms with Crippen molar-refractivity contribution in [2.45, 2.75) is 31.8 Å². The molecule has 0 N–H and O–H groups in total. The van der Waals surface area contributed by atoms with Crippen molar-refractivity contribution < 1.29 is 28.2 Å². The Balaban J connectivity index is 0.924. The average Bonchev–Trinajstić information content (AvgIpc) is 3.68. The van der Waals surface area contributed by atoms with E-state index in [9.17, 15) is 9.59 Å². The lowest BCUT2D eigenvalue weighted by Crippen LogP contribution is -2.57. The summed E-state index contributed by atoms with van der Waals surface area (Å²) >= 11 is 0. The Morgan fingerprint density at radius 3 is 2.22 bits per heavy atom. The molecular formula is C40H39N3O6. The molecule has 9 nitrogen and oxygen atoms in total. The summed E-state index contributed by atoms with van der Waals surface area (Å²) in [6.07, 6.45) is 0.201. The number of fused-ring (bicyclic) bond motifs is 3. The fraction of sp³-hybridized carbons (Fsp3) is 0.275. The minimum atomic E-state index is -0.610. The number of esters is 1. The summed E-state index contributed by atoms with van der Waals surface area (Å²) in [7, 11) is 1.38. The van der Waals surface area contributed by atoms with Crippen LogP contribution in [0.1, 0.15) is 34.1 Å². The maximum atomic E-state index is 13.3. The van der Waals surface area contributed by atoms with Crippen LogP contribution < -0.4 is 4.74 Å². The van der Waals surface area contributed by atoms with Crippen LogP contribution in [0.4, 0.5) is 4.79 Å². The second-order valence-corrected chi connectivity index (χ2v) is 12.4. The van der Waals surface area contributed by atoms with Gasteiger partial charge in [0.1, 0.15) is 24.2 Å². The number of rotatable bonds is 10. The summed E-state index contributed by atoms with van der Waals surface area (Å²) in [5.74, 6) is 1.74. The molecule has 1 aliphatic heterocycles. The summed E-state index contributed by atoms with van der Waals surface area (Å²) in [6, 6.07) is 33.6. The van der Waals surface area contributed by atoms with Crippen LogP contribution in [0, 0.1) is 6.92 Å². The monoisotopic (exact) mass is 657 g/mol. The molecule has 0 radical (unpaired) electrons. The maximum absolute atomic E-state index is 13.3. The molecule has 1 unspecified atom stereocenters. The molecule has 2 aliphatic rings. The van der Waals surface area contributed by atoms with E-state index in [1.165, 1.54) is 18.2 Å². The Bertz CT molecular complexity index is 1880. The molecule has 7 rings (SSSR count). The van der Waals surface area contributed by atoms with E-state index >= 15 is 0 Å². The molecule has 1 amide bonds. The van der Waals surface area contributed by atoms with Crippen LogP contribution in [0.15, 0.2) is 108 Å². The average molecular weight is 658 g/mol. The molecular weight excluding hydrogens is 618 g/mol. The number of ether oxygens (including phenoxy) is 3. The number of piperazine rings is 1. The van der Waals surface area contributed by atoms with Crippen molar-refractivity contribution in [2.75, 3.05) is 40.0 Å². The van der Waals surface area contributed by atoms with E-state index < -0.39 is 12.1 Å². The minimum Gasteiger partial charge on any atom is -0.493 e. The van der Waals surface area contributed by atoms with Crippen molar-refractivity contribution in [2.24, 2.45) is 0 Å². The van der Waals surface area contributed by atoms with Gasteiger partial charge in [0.2, 0.25) is 5.89 Å². The Labute approximate surface area is 286 Å². The largest absolute Gasteiger partial charge is 0.493 e. The lowest BCUT2D eigenvalue weighted by Gasteiger charge is -2.39. The molecule has 4 aromatic carbocycles. The number of aryl methyl sites for hydroxylation is 1. The number of carbonyl (C=O) groups excluding carboxylic acids is 2. The fourth-order valence-corrected chi connectivity index (χ4v) is 6.78. The van der Waals surface area contributed by atoms with Gasteiger partial charge in [-0.3, -0.25) is 9.69 Å². The number of oxazole rings is 1. The standard InChI is InChI=1S/C40H39N3O6/c1-27-36(41-38(49-27)29-10-4-3-5-11-29)20-23-47-30-18-16-28(17-19-30)24-42-21-22-43(25-37(42)39(44)46-2)40(45)48-26-35-33-14-8-6-12-31(33)32-13-7-9-15-34(32)35/h3-19,35,37H,20-26H2,1-2H3. The third kappa shape index (κ3) is 6.93. The molecule has 5 aromatic rings. The van der Waals surface area contributed by atoms with Crippen LogP contribution in [-0.4, -0.2) is 72.8 Å². The highest BCUT2D eigenvalue weighted by Gasteiger charge is 2.36. The van der Waals surface area contributed by atoms with Gasteiger partial charge in [-0.05, 0) is 59.0 Å². The normalized spacial score (nSPS) is 15.8. The summed E-state index contributed by atoms with van der Waals surface area (Å²) in [6.45, 7) is 4.28. The van der Waals surface area contributed by atoms with Crippen LogP contribution in [0.5, 0.6) is 5.75 Å². The molecule has 1 fully saturated rings. The number of carbonyl (C=O) groups is 2. The first-order valence-corrected chi connectivity index (χ1v) is 16.6. The van der Waals surface area contributed by atoms with Gasteiger partial charge in [0.25, 0.3) is 0 Å². The number of aromatic nitrogens is 1. The Kier molecular flexibility index (Phi) is 9.43. The third-order valence-electron chi connectivity index (χ3n) is 9.39. The number of amides is 1. The SMILES string of the molecule is COC(=O)C1CN(C(=O)OCC2c3ccccc3-c3ccccc32)CCN1Cc1ccc(OCCc2nc(-c3ccccc3)oc2C)cc1. The number of benzene rings is 4. The molecule has 1 aliphatic carbocycles. The van der Waals surface area contributed by atoms with Gasteiger partial charge in [0.05, 0.1) is 26.0 Å². The van der Waals surface area contributed by atoms with Gasteiger partial charge in [-0.15, -0.1) is 0 Å². The van der Waals surface area contributed by atoms with Gasteiger partial charge in [0.15, 0.2) is 0 Å². The topological polar surface area (TPSA) is 94.3 Å². The minimum absolute atomic E-state index is 0.0278. The molecule has 9 heteroatoms. The summed E-state index contributed by atoms with van der Waals surface area (Å²) < 4.78 is 22.9. The summed E-state index contributed by atoms with van der Waals surface area (Å²) in [5.41, 5.74) is 7.52. The van der Waals surface area contributed by atoms with E-state index in [4.69, 9.17) is 18.6 Å². The van der Waals surface area contributed by atoms with E-state index in [1.54, 1.807) is 4.90 Å². The van der Waals surface area contributed by atoms with E-state index in [2.05, 4.69) is 29.2 Å². The predicted octanol–water partition coefficient (Wildman–Crippen LogP) is 6.88. The third-order valence-corrected chi connectivity index (χ3v) is 9.39. The van der Waals surface area contributed by atoms with E-state index in [0.29, 0.717) is 38.6 Å². The highest BCUT2D eigenvalue weighted by Crippen LogP contribution is 2.44. The number of methoxy groups -OCH3 is 1. The van der Waals surface area contributed by atoms with Crippen molar-refractivity contribution in [3.8, 4) is 28.3 Å². The molecule has 0 spiro atoms. The first-order chi connectivity index (χ1) is 24.0. The molecule has 2 heterocycles. The van der Waals surface area contributed by atoms with Crippen molar-refractivity contribution >= 4 is 12.1 Å². The quantitative estimate of drug-likeness (QED) is 0.150. The molecule has 1 saturated heterocycles. The first-order valence-electron chi connectivity index (χ1n) is 16.6. The van der Waals surface area contributed by atoms with Crippen molar-refractivity contribution in [1.29, 1.82) is 0 Å². The molecule has 250 valence electrons. The Morgan fingerprint density at radius 2 is 1.53 bits per heavy atom. The summed E-state index contributed by atoms with van der Waals surface area (Å²) in [4.78, 5) is 34.5. The van der Waals surface area contributed by atoms with Gasteiger partial charge in [-0.1, -0.05) is 78.9 Å². The van der Waals surface area contributed by atoms with Crippen LogP contribution in [0.2, 0.25) is 0 Å². The Morgan fingerprint density at radius 1 is 0.857 bits per heavy atom. The van der Waals surface area contributed by atoms with E-state index in [-0.39, 0.29) is 25.0 Å². The first kappa shape index (κ1) is 32.2. The molecule has 0 saturated carbocycles. The van der Waals surface area contributed by atoms with E-state index in [1.807, 2.05) is 90.7 Å². The number of hydrogen-bond donors (Lipinski definition) is 0. The maximum Gasteiger partial charge on any atom is 0.409 e. The highest BCUT2D eigenvalue weighted by atomic mass is 16.6. The van der Waals surface area contributed by atoms with Gasteiger partial charge in [-0.25, -0.2) is 9.78 Å². The van der Waals surface area contributed by atoms with Gasteiger partial charge >= 0.3 is 12.1 Å². The molecule has 49 heavy (non-hydrogen) atoms. The Hall–Kier alpha value is -5.41. The van der Waals surface area contributed by atoms with E-state index in [0.717, 1.165) is 39.5 Å². The number of nitrogens with zero attached hydrogens (tertiary/aromatic N) is 3. The number of hydrogen-bond acceptors (Lipinski definition) is 8. The van der Waals surface area contributed by atoms with Crippen LogP contribution >= 0.6 is 0 Å². The molecule has 0 bridgehead atoms. The predicted molar refractivity (Wildman–Crippen MR) is 185 cm³/mol. The molecule has 1 aromatic heterocycles. The second-order valence-electron chi connectivity index (χ2n) is 12.4. The lowest BCUT2D eigenvalue weighted by atomic mass is 9.98. The lowest BCUT2D eigenvalue weighted by molar-refractivity contribution is -0.149. The zero-order valence-corrected chi connectivity index (χ0v) is 27.7. The molecule has 1 atom stereocenters.